The van der Waals surface area contributed by atoms with Gasteiger partial charge in [0.05, 0.1) is 6.61 Å². The summed E-state index contributed by atoms with van der Waals surface area (Å²) in [5.74, 6) is 2.06. The molecule has 2 heterocycles. The lowest BCUT2D eigenvalue weighted by atomic mass is 10.2. The number of carbonyl (C=O) groups is 1. The van der Waals surface area contributed by atoms with E-state index in [1.54, 1.807) is 6.92 Å². The van der Waals surface area contributed by atoms with E-state index in [0.29, 0.717) is 44.4 Å². The fraction of sp³-hybridized carbons (Fsp3) is 0.450. The van der Waals surface area contributed by atoms with Crippen molar-refractivity contribution in [2.24, 2.45) is 0 Å². The number of piperazine rings is 1. The van der Waals surface area contributed by atoms with Gasteiger partial charge in [-0.15, -0.1) is 10.2 Å². The third kappa shape index (κ3) is 5.09. The van der Waals surface area contributed by atoms with Gasteiger partial charge in [-0.25, -0.2) is 0 Å². The van der Waals surface area contributed by atoms with Crippen molar-refractivity contribution >= 4 is 11.7 Å². The molecule has 0 aliphatic carbocycles. The Kier molecular flexibility index (Phi) is 6.46. The largest absolute Gasteiger partial charge is 0.481 e. The molecule has 1 aliphatic heterocycles. The summed E-state index contributed by atoms with van der Waals surface area (Å²) in [5.41, 5.74) is 0. The van der Waals surface area contributed by atoms with E-state index in [9.17, 15) is 4.79 Å². The van der Waals surface area contributed by atoms with Crippen molar-refractivity contribution in [2.75, 3.05) is 37.7 Å². The normalized spacial score (nSPS) is 15.3. The van der Waals surface area contributed by atoms with Crippen molar-refractivity contribution < 1.29 is 14.3 Å². The average molecular weight is 370 g/mol. The molecule has 0 saturated carbocycles. The topological polar surface area (TPSA) is 67.8 Å². The van der Waals surface area contributed by atoms with Crippen LogP contribution in [0.15, 0.2) is 42.5 Å². The Morgan fingerprint density at radius 2 is 1.81 bits per heavy atom. The number of ether oxygens (including phenoxy) is 2. The highest BCUT2D eigenvalue weighted by molar-refractivity contribution is 5.81. The Morgan fingerprint density at radius 3 is 2.44 bits per heavy atom. The van der Waals surface area contributed by atoms with E-state index in [2.05, 4.69) is 15.1 Å². The van der Waals surface area contributed by atoms with Gasteiger partial charge < -0.3 is 19.3 Å². The van der Waals surface area contributed by atoms with E-state index in [-0.39, 0.29) is 5.91 Å². The fourth-order valence-electron chi connectivity index (χ4n) is 2.93. The van der Waals surface area contributed by atoms with E-state index in [1.165, 1.54) is 0 Å². The molecule has 27 heavy (non-hydrogen) atoms. The minimum atomic E-state index is -0.506. The number of hydrogen-bond donors (Lipinski definition) is 0. The van der Waals surface area contributed by atoms with Crippen LogP contribution in [0.3, 0.4) is 0 Å². The molecule has 144 valence electrons. The van der Waals surface area contributed by atoms with Crippen molar-refractivity contribution in [1.82, 2.24) is 15.1 Å². The number of nitrogens with zero attached hydrogens (tertiary/aromatic N) is 4. The highest BCUT2D eigenvalue weighted by Gasteiger charge is 2.26. The second-order valence-electron chi connectivity index (χ2n) is 6.46. The second kappa shape index (κ2) is 9.21. The Hall–Kier alpha value is -2.83. The van der Waals surface area contributed by atoms with Gasteiger partial charge in [0.25, 0.3) is 5.91 Å². The fourth-order valence-corrected chi connectivity index (χ4v) is 2.93. The first-order chi connectivity index (χ1) is 13.2. The Morgan fingerprint density at radius 1 is 1.07 bits per heavy atom. The molecule has 7 heteroatoms. The molecule has 1 saturated heterocycles. The molecule has 2 aromatic rings. The lowest BCUT2D eigenvalue weighted by Gasteiger charge is -2.36. The van der Waals surface area contributed by atoms with Crippen LogP contribution in [0.25, 0.3) is 0 Å². The van der Waals surface area contributed by atoms with E-state index in [0.717, 1.165) is 12.2 Å². The summed E-state index contributed by atoms with van der Waals surface area (Å²) in [6.45, 7) is 7.18. The van der Waals surface area contributed by atoms with Gasteiger partial charge in [0.15, 0.2) is 11.9 Å². The van der Waals surface area contributed by atoms with Crippen molar-refractivity contribution in [2.45, 2.75) is 26.4 Å². The highest BCUT2D eigenvalue weighted by atomic mass is 16.5. The van der Waals surface area contributed by atoms with Gasteiger partial charge in [-0.1, -0.05) is 25.1 Å². The molecule has 1 aromatic heterocycles. The van der Waals surface area contributed by atoms with Crippen molar-refractivity contribution in [1.29, 1.82) is 0 Å². The van der Waals surface area contributed by atoms with Gasteiger partial charge in [-0.2, -0.15) is 0 Å². The van der Waals surface area contributed by atoms with Crippen molar-refractivity contribution in [3.63, 3.8) is 0 Å². The SMILES string of the molecule is CCCOc1ccc(N2CCN(C(=O)[C@@H](C)Oc3ccccc3)CC2)nn1. The summed E-state index contributed by atoms with van der Waals surface area (Å²) in [6.07, 6.45) is 0.431. The summed E-state index contributed by atoms with van der Waals surface area (Å²) < 4.78 is 11.2. The van der Waals surface area contributed by atoms with Crippen LogP contribution in [0, 0.1) is 0 Å². The Labute approximate surface area is 159 Å². The predicted octanol–water partition coefficient (Wildman–Crippen LogP) is 2.38. The molecule has 0 N–H and O–H groups in total. The standard InChI is InChI=1S/C20H26N4O3/c1-3-15-26-19-10-9-18(21-22-19)23-11-13-24(14-12-23)20(25)16(2)27-17-7-5-4-6-8-17/h4-10,16H,3,11-15H2,1-2H3/t16-/m1/s1. The first kappa shape index (κ1) is 18.9. The molecule has 3 rings (SSSR count). The molecule has 1 aromatic carbocycles. The zero-order valence-electron chi connectivity index (χ0n) is 15.9. The summed E-state index contributed by atoms with van der Waals surface area (Å²) >= 11 is 0. The molecule has 0 radical (unpaired) electrons. The minimum absolute atomic E-state index is 0.00732. The molecular weight excluding hydrogens is 344 g/mol. The number of aromatic nitrogens is 2. The number of rotatable bonds is 7. The molecule has 1 fully saturated rings. The van der Waals surface area contributed by atoms with Crippen LogP contribution >= 0.6 is 0 Å². The predicted molar refractivity (Wildman–Crippen MR) is 103 cm³/mol. The summed E-state index contributed by atoms with van der Waals surface area (Å²) in [4.78, 5) is 16.6. The van der Waals surface area contributed by atoms with Crippen LogP contribution in [-0.2, 0) is 4.79 Å². The number of benzene rings is 1. The van der Waals surface area contributed by atoms with Crippen LogP contribution < -0.4 is 14.4 Å². The molecule has 0 bridgehead atoms. The monoisotopic (exact) mass is 370 g/mol. The third-order valence-corrected chi connectivity index (χ3v) is 4.40. The molecule has 0 unspecified atom stereocenters. The summed E-state index contributed by atoms with van der Waals surface area (Å²) in [5, 5.41) is 8.35. The van der Waals surface area contributed by atoms with Gasteiger partial charge >= 0.3 is 0 Å². The van der Waals surface area contributed by atoms with Gasteiger partial charge in [0.1, 0.15) is 5.75 Å². The molecular formula is C20H26N4O3. The van der Waals surface area contributed by atoms with Crippen LogP contribution in [0.5, 0.6) is 11.6 Å². The van der Waals surface area contributed by atoms with Gasteiger partial charge in [0, 0.05) is 32.2 Å². The maximum atomic E-state index is 12.6. The van der Waals surface area contributed by atoms with E-state index < -0.39 is 6.10 Å². The summed E-state index contributed by atoms with van der Waals surface area (Å²) in [7, 11) is 0. The van der Waals surface area contributed by atoms with Crippen LogP contribution in [0.1, 0.15) is 20.3 Å². The number of carbonyl (C=O) groups excluding carboxylic acids is 1. The Balaban J connectivity index is 1.50. The maximum Gasteiger partial charge on any atom is 0.263 e. The van der Waals surface area contributed by atoms with Crippen molar-refractivity contribution in [3.05, 3.63) is 42.5 Å². The molecule has 1 aliphatic rings. The Bertz CT molecular complexity index is 716. The van der Waals surface area contributed by atoms with E-state index >= 15 is 0 Å². The van der Waals surface area contributed by atoms with Crippen LogP contribution in [0.4, 0.5) is 5.82 Å². The zero-order chi connectivity index (χ0) is 19.1. The van der Waals surface area contributed by atoms with Gasteiger partial charge in [0.2, 0.25) is 5.88 Å². The quantitative estimate of drug-likeness (QED) is 0.745. The van der Waals surface area contributed by atoms with Crippen LogP contribution in [-0.4, -0.2) is 59.9 Å². The smallest absolute Gasteiger partial charge is 0.263 e. The first-order valence-electron chi connectivity index (χ1n) is 9.39. The van der Waals surface area contributed by atoms with E-state index in [4.69, 9.17) is 9.47 Å². The van der Waals surface area contributed by atoms with Gasteiger partial charge in [-0.3, -0.25) is 4.79 Å². The number of para-hydroxylation sites is 1. The molecule has 1 amide bonds. The lowest BCUT2D eigenvalue weighted by Crippen LogP contribution is -2.52. The lowest BCUT2D eigenvalue weighted by molar-refractivity contribution is -0.138. The molecule has 0 spiro atoms. The highest BCUT2D eigenvalue weighted by Crippen LogP contribution is 2.17. The molecule has 1 atom stereocenters. The summed E-state index contributed by atoms with van der Waals surface area (Å²) in [6, 6.07) is 13.2. The second-order valence-corrected chi connectivity index (χ2v) is 6.46. The number of anilines is 1. The average Bonchev–Trinajstić information content (AvgIpc) is 2.73. The van der Waals surface area contributed by atoms with E-state index in [1.807, 2.05) is 54.3 Å². The maximum absolute atomic E-state index is 12.6. The third-order valence-electron chi connectivity index (χ3n) is 4.40. The van der Waals surface area contributed by atoms with Gasteiger partial charge in [-0.05, 0) is 31.5 Å². The minimum Gasteiger partial charge on any atom is -0.481 e. The number of amides is 1. The van der Waals surface area contributed by atoms with Crippen molar-refractivity contribution in [3.8, 4) is 11.6 Å². The number of hydrogen-bond acceptors (Lipinski definition) is 6. The van der Waals surface area contributed by atoms with Crippen LogP contribution in [0.2, 0.25) is 0 Å². The zero-order valence-corrected chi connectivity index (χ0v) is 15.9. The molecule has 7 nitrogen and oxygen atoms in total. The first-order valence-corrected chi connectivity index (χ1v) is 9.39.